The molecule has 0 spiro atoms. The van der Waals surface area contributed by atoms with Gasteiger partial charge in [0.05, 0.1) is 24.8 Å². The molecule has 4 nitrogen and oxygen atoms in total. The minimum Gasteiger partial charge on any atom is -0.493 e. The molecule has 1 aromatic carbocycles. The summed E-state index contributed by atoms with van der Waals surface area (Å²) >= 11 is 6.24. The second-order valence-electron chi connectivity index (χ2n) is 4.69. The van der Waals surface area contributed by atoms with E-state index in [1.807, 2.05) is 12.1 Å². The molecule has 0 radical (unpaired) electrons. The standard InChI is InChI=1S/C13H20ClNO3/c1-13(2,16)8-15-7-9-5-6-10(17-3)12(18-4)11(9)14/h5-6,15-16H,7-8H2,1-4H3. The van der Waals surface area contributed by atoms with Crippen LogP contribution in [-0.2, 0) is 6.54 Å². The fourth-order valence-electron chi connectivity index (χ4n) is 1.57. The Morgan fingerprint density at radius 2 is 1.94 bits per heavy atom. The lowest BCUT2D eigenvalue weighted by Gasteiger charge is -2.18. The van der Waals surface area contributed by atoms with Gasteiger partial charge in [0.1, 0.15) is 0 Å². The average molecular weight is 274 g/mol. The highest BCUT2D eigenvalue weighted by Gasteiger charge is 2.15. The molecule has 0 aromatic heterocycles. The predicted octanol–water partition coefficient (Wildman–Crippen LogP) is 2.22. The number of rotatable bonds is 6. The summed E-state index contributed by atoms with van der Waals surface area (Å²) in [5.74, 6) is 1.13. The zero-order valence-electron chi connectivity index (χ0n) is 11.2. The summed E-state index contributed by atoms with van der Waals surface area (Å²) in [7, 11) is 3.12. The fraction of sp³-hybridized carbons (Fsp3) is 0.538. The van der Waals surface area contributed by atoms with Crippen molar-refractivity contribution in [2.24, 2.45) is 0 Å². The van der Waals surface area contributed by atoms with Crippen LogP contribution in [-0.4, -0.2) is 31.5 Å². The molecule has 0 amide bonds. The lowest BCUT2D eigenvalue weighted by molar-refractivity contribution is 0.0795. The fourth-order valence-corrected chi connectivity index (χ4v) is 1.87. The van der Waals surface area contributed by atoms with Crippen LogP contribution in [0, 0.1) is 0 Å². The molecule has 0 bridgehead atoms. The third-order valence-corrected chi connectivity index (χ3v) is 2.85. The third-order valence-electron chi connectivity index (χ3n) is 2.44. The van der Waals surface area contributed by atoms with Crippen LogP contribution >= 0.6 is 11.6 Å². The number of benzene rings is 1. The monoisotopic (exact) mass is 273 g/mol. The first-order valence-corrected chi connectivity index (χ1v) is 6.09. The van der Waals surface area contributed by atoms with E-state index in [0.29, 0.717) is 29.6 Å². The van der Waals surface area contributed by atoms with Gasteiger partial charge in [-0.05, 0) is 25.5 Å². The van der Waals surface area contributed by atoms with E-state index in [-0.39, 0.29) is 0 Å². The van der Waals surface area contributed by atoms with Crippen LogP contribution in [0.3, 0.4) is 0 Å². The summed E-state index contributed by atoms with van der Waals surface area (Å²) in [6, 6.07) is 3.69. The summed E-state index contributed by atoms with van der Waals surface area (Å²) in [4.78, 5) is 0. The van der Waals surface area contributed by atoms with Crippen molar-refractivity contribution in [2.45, 2.75) is 26.0 Å². The van der Waals surface area contributed by atoms with E-state index in [9.17, 15) is 5.11 Å². The first-order valence-electron chi connectivity index (χ1n) is 5.71. The van der Waals surface area contributed by atoms with Gasteiger partial charge in [0.15, 0.2) is 11.5 Å². The van der Waals surface area contributed by atoms with Crippen LogP contribution in [0.25, 0.3) is 0 Å². The van der Waals surface area contributed by atoms with Crippen molar-refractivity contribution in [2.75, 3.05) is 20.8 Å². The molecule has 102 valence electrons. The SMILES string of the molecule is COc1ccc(CNCC(C)(C)O)c(Cl)c1OC. The van der Waals surface area contributed by atoms with Crippen molar-refractivity contribution in [1.82, 2.24) is 5.32 Å². The van der Waals surface area contributed by atoms with Gasteiger partial charge in [-0.25, -0.2) is 0 Å². The molecule has 0 saturated heterocycles. The molecule has 0 heterocycles. The van der Waals surface area contributed by atoms with Crippen LogP contribution < -0.4 is 14.8 Å². The molecule has 0 unspecified atom stereocenters. The number of hydrogen-bond acceptors (Lipinski definition) is 4. The molecule has 0 fully saturated rings. The molecule has 0 saturated carbocycles. The second kappa shape index (κ2) is 6.27. The maximum Gasteiger partial charge on any atom is 0.179 e. The highest BCUT2D eigenvalue weighted by atomic mass is 35.5. The van der Waals surface area contributed by atoms with Crippen LogP contribution in [0.15, 0.2) is 12.1 Å². The minimum absolute atomic E-state index is 0.484. The Bertz CT molecular complexity index is 402. The van der Waals surface area contributed by atoms with Gasteiger partial charge in [0.25, 0.3) is 0 Å². The highest BCUT2D eigenvalue weighted by molar-refractivity contribution is 6.33. The van der Waals surface area contributed by atoms with E-state index in [4.69, 9.17) is 21.1 Å². The normalized spacial score (nSPS) is 11.4. The minimum atomic E-state index is -0.747. The lowest BCUT2D eigenvalue weighted by Crippen LogP contribution is -2.34. The summed E-state index contributed by atoms with van der Waals surface area (Å²) in [6.07, 6.45) is 0. The van der Waals surface area contributed by atoms with E-state index in [2.05, 4.69) is 5.32 Å². The average Bonchev–Trinajstić information content (AvgIpc) is 2.29. The van der Waals surface area contributed by atoms with Gasteiger partial charge >= 0.3 is 0 Å². The van der Waals surface area contributed by atoms with Gasteiger partial charge in [-0.2, -0.15) is 0 Å². The van der Waals surface area contributed by atoms with Crippen molar-refractivity contribution in [3.05, 3.63) is 22.7 Å². The summed E-state index contributed by atoms with van der Waals surface area (Å²) in [5.41, 5.74) is 0.154. The van der Waals surface area contributed by atoms with E-state index in [0.717, 1.165) is 5.56 Å². The van der Waals surface area contributed by atoms with Crippen LogP contribution in [0.1, 0.15) is 19.4 Å². The molecule has 0 aliphatic heterocycles. The lowest BCUT2D eigenvalue weighted by atomic mass is 10.1. The first kappa shape index (κ1) is 15.1. The Hall–Kier alpha value is -0.970. The summed E-state index contributed by atoms with van der Waals surface area (Å²) in [5, 5.41) is 13.3. The molecule has 5 heteroatoms. The number of hydrogen-bond donors (Lipinski definition) is 2. The van der Waals surface area contributed by atoms with Gasteiger partial charge in [0.2, 0.25) is 0 Å². The van der Waals surface area contributed by atoms with Crippen molar-refractivity contribution >= 4 is 11.6 Å². The first-order chi connectivity index (χ1) is 8.39. The van der Waals surface area contributed by atoms with E-state index in [1.54, 1.807) is 28.1 Å². The van der Waals surface area contributed by atoms with Crippen molar-refractivity contribution < 1.29 is 14.6 Å². The molecule has 2 N–H and O–H groups in total. The molecule has 1 aromatic rings. The molecule has 18 heavy (non-hydrogen) atoms. The number of aliphatic hydroxyl groups is 1. The molecule has 1 rings (SSSR count). The second-order valence-corrected chi connectivity index (χ2v) is 5.07. The predicted molar refractivity (Wildman–Crippen MR) is 72.6 cm³/mol. The Labute approximate surface area is 113 Å². The topological polar surface area (TPSA) is 50.7 Å². The quantitative estimate of drug-likeness (QED) is 0.834. The molecule has 0 aliphatic rings. The maximum atomic E-state index is 9.61. The van der Waals surface area contributed by atoms with Gasteiger partial charge in [-0.15, -0.1) is 0 Å². The van der Waals surface area contributed by atoms with Gasteiger partial charge in [-0.3, -0.25) is 0 Å². The highest BCUT2D eigenvalue weighted by Crippen LogP contribution is 2.37. The van der Waals surface area contributed by atoms with Crippen molar-refractivity contribution in [3.63, 3.8) is 0 Å². The Balaban J connectivity index is 2.78. The van der Waals surface area contributed by atoms with Gasteiger partial charge in [0, 0.05) is 13.1 Å². The van der Waals surface area contributed by atoms with Crippen LogP contribution in [0.2, 0.25) is 5.02 Å². The smallest absolute Gasteiger partial charge is 0.179 e. The number of nitrogens with one attached hydrogen (secondary N) is 1. The molecule has 0 atom stereocenters. The molecular weight excluding hydrogens is 254 g/mol. The number of ether oxygens (including phenoxy) is 2. The van der Waals surface area contributed by atoms with Gasteiger partial charge in [-0.1, -0.05) is 17.7 Å². The van der Waals surface area contributed by atoms with Crippen molar-refractivity contribution in [1.29, 1.82) is 0 Å². The zero-order chi connectivity index (χ0) is 13.8. The summed E-state index contributed by atoms with van der Waals surface area (Å²) < 4.78 is 10.4. The van der Waals surface area contributed by atoms with E-state index >= 15 is 0 Å². The Kier molecular flexibility index (Phi) is 5.26. The maximum absolute atomic E-state index is 9.61. The third kappa shape index (κ3) is 4.05. The van der Waals surface area contributed by atoms with Crippen LogP contribution in [0.5, 0.6) is 11.5 Å². The Morgan fingerprint density at radius 3 is 2.44 bits per heavy atom. The number of halogens is 1. The van der Waals surface area contributed by atoms with Crippen LogP contribution in [0.4, 0.5) is 0 Å². The number of methoxy groups -OCH3 is 2. The van der Waals surface area contributed by atoms with E-state index in [1.165, 1.54) is 0 Å². The Morgan fingerprint density at radius 1 is 1.28 bits per heavy atom. The zero-order valence-corrected chi connectivity index (χ0v) is 12.0. The summed E-state index contributed by atoms with van der Waals surface area (Å²) in [6.45, 7) is 4.53. The molecule has 0 aliphatic carbocycles. The largest absolute Gasteiger partial charge is 0.493 e. The van der Waals surface area contributed by atoms with Crippen molar-refractivity contribution in [3.8, 4) is 11.5 Å². The van der Waals surface area contributed by atoms with Gasteiger partial charge < -0.3 is 19.9 Å². The van der Waals surface area contributed by atoms with E-state index < -0.39 is 5.60 Å². The molecular formula is C13H20ClNO3.